The number of hydrogen-bond donors (Lipinski definition) is 0. The third kappa shape index (κ3) is 3.92. The maximum atomic E-state index is 14.5. The van der Waals surface area contributed by atoms with Crippen LogP contribution in [0.15, 0.2) is 60.7 Å². The van der Waals surface area contributed by atoms with Gasteiger partial charge in [0.15, 0.2) is 11.5 Å². The van der Waals surface area contributed by atoms with Gasteiger partial charge in [0.25, 0.3) is 0 Å². The maximum Gasteiger partial charge on any atom is 0.249 e. The number of ether oxygens (including phenoxy) is 3. The zero-order valence-electron chi connectivity index (χ0n) is 18.0. The highest BCUT2D eigenvalue weighted by atomic mass is 35.5. The van der Waals surface area contributed by atoms with E-state index in [1.54, 1.807) is 43.3 Å². The van der Waals surface area contributed by atoms with Crippen LogP contribution in [0.4, 0.5) is 0 Å². The van der Waals surface area contributed by atoms with Gasteiger partial charge in [-0.1, -0.05) is 54.1 Å². The van der Waals surface area contributed by atoms with Gasteiger partial charge in [0.2, 0.25) is 18.2 Å². The summed E-state index contributed by atoms with van der Waals surface area (Å²) >= 11 is 6.31. The quantitative estimate of drug-likeness (QED) is 0.411. The Hall–Kier alpha value is -3.08. The molecular weight excluding hydrogens is 451 g/mol. The van der Waals surface area contributed by atoms with E-state index in [0.717, 1.165) is 0 Å². The molecule has 0 spiro atoms. The molecule has 3 aromatic rings. The summed E-state index contributed by atoms with van der Waals surface area (Å²) in [5.74, 6) is 0.363. The lowest BCUT2D eigenvalue weighted by Gasteiger charge is -2.21. The summed E-state index contributed by atoms with van der Waals surface area (Å²) in [5, 5.41) is 0.199. The molecule has 1 atom stereocenters. The predicted molar refractivity (Wildman–Crippen MR) is 125 cm³/mol. The van der Waals surface area contributed by atoms with Crippen LogP contribution in [0.3, 0.4) is 0 Å². The van der Waals surface area contributed by atoms with Gasteiger partial charge in [0.1, 0.15) is 11.3 Å². The molecule has 8 heteroatoms. The van der Waals surface area contributed by atoms with Crippen molar-refractivity contribution in [3.63, 3.8) is 0 Å². The lowest BCUT2D eigenvalue weighted by Crippen LogP contribution is -2.22. The lowest BCUT2D eigenvalue weighted by atomic mass is 10.1. The molecular formula is C24H22ClO6P. The molecule has 0 heterocycles. The van der Waals surface area contributed by atoms with E-state index >= 15 is 0 Å². The van der Waals surface area contributed by atoms with Crippen molar-refractivity contribution in [2.75, 3.05) is 21.3 Å². The first kappa shape index (κ1) is 23.6. The molecule has 0 bridgehead atoms. The standard InChI is InChI=1S/C24H22ClO6P/c1-15-9-8-12-17(25)20(15)23(26)32(28,16-10-6-5-7-11-16)24(27)21-18(29-2)13-14-19(30-3)22(21)31-4/h5-14H,1-4H3. The molecule has 0 amide bonds. The van der Waals surface area contributed by atoms with E-state index in [0.29, 0.717) is 5.56 Å². The minimum atomic E-state index is -4.44. The number of rotatable bonds is 8. The van der Waals surface area contributed by atoms with Gasteiger partial charge in [-0.3, -0.25) is 9.59 Å². The number of carbonyl (C=O) groups excluding carboxylic acids is 2. The van der Waals surface area contributed by atoms with E-state index in [9.17, 15) is 14.2 Å². The summed E-state index contributed by atoms with van der Waals surface area (Å²) in [4.78, 5) is 27.8. The lowest BCUT2D eigenvalue weighted by molar-refractivity contribution is 0.103. The van der Waals surface area contributed by atoms with Gasteiger partial charge in [-0.05, 0) is 30.7 Å². The average molecular weight is 473 g/mol. The van der Waals surface area contributed by atoms with Crippen molar-refractivity contribution in [3.05, 3.63) is 82.4 Å². The number of benzene rings is 3. The highest BCUT2D eigenvalue weighted by Crippen LogP contribution is 2.55. The van der Waals surface area contributed by atoms with Crippen molar-refractivity contribution in [3.8, 4) is 17.2 Å². The van der Waals surface area contributed by atoms with Crippen LogP contribution in [0, 0.1) is 6.92 Å². The smallest absolute Gasteiger partial charge is 0.249 e. The van der Waals surface area contributed by atoms with E-state index < -0.39 is 18.2 Å². The fourth-order valence-electron chi connectivity index (χ4n) is 3.46. The molecule has 32 heavy (non-hydrogen) atoms. The molecule has 3 aromatic carbocycles. The maximum absolute atomic E-state index is 14.5. The third-order valence-corrected chi connectivity index (χ3v) is 8.00. The highest BCUT2D eigenvalue weighted by molar-refractivity contribution is 8.01. The van der Waals surface area contributed by atoms with Gasteiger partial charge in [-0.2, -0.15) is 0 Å². The predicted octanol–water partition coefficient (Wildman–Crippen LogP) is 5.34. The minimum absolute atomic E-state index is 0.0247. The molecule has 0 saturated heterocycles. The van der Waals surface area contributed by atoms with Crippen LogP contribution in [0.1, 0.15) is 26.3 Å². The first-order chi connectivity index (χ1) is 15.3. The van der Waals surface area contributed by atoms with Crippen molar-refractivity contribution >= 4 is 35.1 Å². The van der Waals surface area contributed by atoms with Crippen LogP contribution in [0.25, 0.3) is 0 Å². The van der Waals surface area contributed by atoms with Crippen LogP contribution < -0.4 is 19.5 Å². The molecule has 0 aliphatic heterocycles. The Labute approximate surface area is 191 Å². The van der Waals surface area contributed by atoms with E-state index in [1.165, 1.54) is 45.6 Å². The average Bonchev–Trinajstić information content (AvgIpc) is 2.82. The number of hydrogen-bond acceptors (Lipinski definition) is 6. The van der Waals surface area contributed by atoms with E-state index in [4.69, 9.17) is 25.8 Å². The molecule has 0 aliphatic carbocycles. The second-order valence-corrected chi connectivity index (χ2v) is 9.82. The first-order valence-electron chi connectivity index (χ1n) is 9.60. The molecule has 3 rings (SSSR count). The number of halogens is 1. The Morgan fingerprint density at radius 2 is 1.34 bits per heavy atom. The molecule has 0 aliphatic rings. The van der Waals surface area contributed by atoms with Crippen molar-refractivity contribution in [2.24, 2.45) is 0 Å². The highest BCUT2D eigenvalue weighted by Gasteiger charge is 2.46. The fourth-order valence-corrected chi connectivity index (χ4v) is 6.22. The first-order valence-corrected chi connectivity index (χ1v) is 11.7. The molecule has 0 fully saturated rings. The topological polar surface area (TPSA) is 78.9 Å². The Kier molecular flexibility index (Phi) is 7.07. The van der Waals surface area contributed by atoms with Gasteiger partial charge in [0.05, 0.1) is 26.4 Å². The summed E-state index contributed by atoms with van der Waals surface area (Å²) in [7, 11) is -0.314. The van der Waals surface area contributed by atoms with Crippen LogP contribution in [-0.2, 0) is 4.57 Å². The molecule has 1 unspecified atom stereocenters. The van der Waals surface area contributed by atoms with E-state index in [-0.39, 0.29) is 38.7 Å². The molecule has 0 aromatic heterocycles. The van der Waals surface area contributed by atoms with Crippen LogP contribution >= 0.6 is 18.7 Å². The van der Waals surface area contributed by atoms with E-state index in [2.05, 4.69) is 0 Å². The van der Waals surface area contributed by atoms with Crippen molar-refractivity contribution in [1.29, 1.82) is 0 Å². The second kappa shape index (κ2) is 9.60. The summed E-state index contributed by atoms with van der Waals surface area (Å²) in [6, 6.07) is 15.8. The van der Waals surface area contributed by atoms with Gasteiger partial charge in [-0.25, -0.2) is 0 Å². The summed E-state index contributed by atoms with van der Waals surface area (Å²) in [6.45, 7) is 1.67. The number of aryl methyl sites for hydroxylation is 1. The summed E-state index contributed by atoms with van der Waals surface area (Å²) < 4.78 is 30.6. The van der Waals surface area contributed by atoms with Crippen LogP contribution in [-0.4, -0.2) is 32.4 Å². The Bertz CT molecular complexity index is 1200. The van der Waals surface area contributed by atoms with Crippen LogP contribution in [0.2, 0.25) is 5.02 Å². The number of carbonyl (C=O) groups is 2. The zero-order valence-corrected chi connectivity index (χ0v) is 19.7. The molecule has 6 nitrogen and oxygen atoms in total. The monoisotopic (exact) mass is 472 g/mol. The molecule has 0 N–H and O–H groups in total. The van der Waals surface area contributed by atoms with Gasteiger partial charge in [-0.15, -0.1) is 0 Å². The fraction of sp³-hybridized carbons (Fsp3) is 0.167. The van der Waals surface area contributed by atoms with Crippen LogP contribution in [0.5, 0.6) is 17.2 Å². The summed E-state index contributed by atoms with van der Waals surface area (Å²) in [6.07, 6.45) is 0. The Balaban J connectivity index is 2.36. The normalized spacial score (nSPS) is 12.5. The SMILES string of the molecule is COc1ccc(OC)c(C(=O)P(=O)(C(=O)c2c(C)cccc2Cl)c2ccccc2)c1OC. The van der Waals surface area contributed by atoms with Crippen molar-refractivity contribution in [1.82, 2.24) is 0 Å². The van der Waals surface area contributed by atoms with Gasteiger partial charge >= 0.3 is 0 Å². The summed E-state index contributed by atoms with van der Waals surface area (Å²) in [5.41, 5.74) is -1.38. The Morgan fingerprint density at radius 1 is 0.750 bits per heavy atom. The number of methoxy groups -OCH3 is 3. The zero-order chi connectivity index (χ0) is 23.5. The van der Waals surface area contributed by atoms with Gasteiger partial charge < -0.3 is 18.8 Å². The van der Waals surface area contributed by atoms with Gasteiger partial charge in [0, 0.05) is 10.9 Å². The van der Waals surface area contributed by atoms with Crippen molar-refractivity contribution < 1.29 is 28.4 Å². The minimum Gasteiger partial charge on any atom is -0.496 e. The largest absolute Gasteiger partial charge is 0.496 e. The molecule has 166 valence electrons. The van der Waals surface area contributed by atoms with E-state index in [1.807, 2.05) is 0 Å². The second-order valence-electron chi connectivity index (χ2n) is 6.87. The van der Waals surface area contributed by atoms with Crippen molar-refractivity contribution in [2.45, 2.75) is 6.92 Å². The Morgan fingerprint density at radius 3 is 1.91 bits per heavy atom. The molecule has 0 radical (unpaired) electrons. The third-order valence-electron chi connectivity index (χ3n) is 5.07. The molecule has 0 saturated carbocycles.